The van der Waals surface area contributed by atoms with Gasteiger partial charge in [-0.1, -0.05) is 47.5 Å². The van der Waals surface area contributed by atoms with Crippen LogP contribution in [0, 0.1) is 12.7 Å². The van der Waals surface area contributed by atoms with Crippen LogP contribution >= 0.6 is 11.6 Å². The quantitative estimate of drug-likeness (QED) is 0.267. The normalized spacial score (nSPS) is 11.6. The summed E-state index contributed by atoms with van der Waals surface area (Å²) in [5.74, 6) is -1.44. The number of nitrogens with one attached hydrogen (secondary N) is 1. The number of pyridine rings is 1. The van der Waals surface area contributed by atoms with E-state index in [4.69, 9.17) is 26.2 Å². The standard InChI is InChI=1S/C21H22ClFN6O5.C7H8/c1-21(2,3)34-20(32)25-14(9-17(30)31)11-29-27-18(26-28-29)12-4-6-15(7-5-12)33-19-16(23)8-13(22)10-24-19;1-7-5-3-2-4-6-7/h4-8,10,14H,9,11H2,1-3H3,(H,25,32)(H,30,31);2-6H,1H3. The Morgan fingerprint density at radius 2 is 1.80 bits per heavy atom. The molecule has 4 aromatic rings. The molecule has 1 unspecified atom stereocenters. The van der Waals surface area contributed by atoms with Crippen LogP contribution in [0.2, 0.25) is 5.02 Å². The van der Waals surface area contributed by atoms with E-state index < -0.39 is 29.5 Å². The number of halogens is 2. The van der Waals surface area contributed by atoms with Crippen molar-refractivity contribution in [3.8, 4) is 23.0 Å². The first-order valence-corrected chi connectivity index (χ1v) is 12.9. The molecule has 0 fully saturated rings. The van der Waals surface area contributed by atoms with Gasteiger partial charge in [0.15, 0.2) is 5.82 Å². The third-order valence-corrected chi connectivity index (χ3v) is 5.23. The molecule has 13 heteroatoms. The van der Waals surface area contributed by atoms with Gasteiger partial charge in [-0.3, -0.25) is 4.79 Å². The molecule has 1 atom stereocenters. The van der Waals surface area contributed by atoms with E-state index in [1.807, 2.05) is 18.2 Å². The lowest BCUT2D eigenvalue weighted by atomic mass is 10.2. The van der Waals surface area contributed by atoms with E-state index in [1.165, 1.54) is 16.6 Å². The van der Waals surface area contributed by atoms with Gasteiger partial charge in [0, 0.05) is 11.8 Å². The van der Waals surface area contributed by atoms with Crippen molar-refractivity contribution in [2.75, 3.05) is 0 Å². The molecule has 0 bridgehead atoms. The van der Waals surface area contributed by atoms with Crippen molar-refractivity contribution in [3.63, 3.8) is 0 Å². The lowest BCUT2D eigenvalue weighted by molar-refractivity contribution is -0.137. The highest BCUT2D eigenvalue weighted by Crippen LogP contribution is 2.26. The summed E-state index contributed by atoms with van der Waals surface area (Å²) in [4.78, 5) is 28.2. The summed E-state index contributed by atoms with van der Waals surface area (Å²) in [6.07, 6.45) is 0.157. The van der Waals surface area contributed by atoms with Crippen LogP contribution in [0.4, 0.5) is 9.18 Å². The van der Waals surface area contributed by atoms with Crippen LogP contribution in [0.3, 0.4) is 0 Å². The number of hydrogen-bond acceptors (Lipinski definition) is 8. The molecule has 2 aromatic heterocycles. The van der Waals surface area contributed by atoms with Crippen molar-refractivity contribution < 1.29 is 28.6 Å². The molecule has 4 rings (SSSR count). The summed E-state index contributed by atoms with van der Waals surface area (Å²) in [6.45, 7) is 7.13. The monoisotopic (exact) mass is 584 g/mol. The van der Waals surface area contributed by atoms with Crippen LogP contribution in [0.1, 0.15) is 32.8 Å². The van der Waals surface area contributed by atoms with Gasteiger partial charge in [-0.2, -0.15) is 4.80 Å². The predicted octanol–water partition coefficient (Wildman–Crippen LogP) is 5.68. The Morgan fingerprint density at radius 1 is 1.12 bits per heavy atom. The van der Waals surface area contributed by atoms with Gasteiger partial charge in [-0.15, -0.1) is 10.2 Å². The number of ether oxygens (including phenoxy) is 2. The largest absolute Gasteiger partial charge is 0.481 e. The van der Waals surface area contributed by atoms with E-state index in [9.17, 15) is 14.0 Å². The van der Waals surface area contributed by atoms with E-state index >= 15 is 0 Å². The van der Waals surface area contributed by atoms with Crippen molar-refractivity contribution >= 4 is 23.7 Å². The Labute approximate surface area is 241 Å². The van der Waals surface area contributed by atoms with Crippen molar-refractivity contribution in [3.05, 3.63) is 83.3 Å². The fourth-order valence-electron chi connectivity index (χ4n) is 3.27. The maximum absolute atomic E-state index is 13.9. The highest BCUT2D eigenvalue weighted by molar-refractivity contribution is 6.30. The summed E-state index contributed by atoms with van der Waals surface area (Å²) in [7, 11) is 0. The minimum absolute atomic E-state index is 0.0404. The predicted molar refractivity (Wildman–Crippen MR) is 149 cm³/mol. The Kier molecular flexibility index (Phi) is 10.7. The Bertz CT molecular complexity index is 1440. The van der Waals surface area contributed by atoms with Crippen molar-refractivity contribution in [1.82, 2.24) is 30.5 Å². The summed E-state index contributed by atoms with van der Waals surface area (Å²) in [6, 6.07) is 16.9. The minimum atomic E-state index is -1.11. The molecule has 0 radical (unpaired) electrons. The lowest BCUT2D eigenvalue weighted by Crippen LogP contribution is -2.42. The number of hydrogen-bond donors (Lipinski definition) is 2. The van der Waals surface area contributed by atoms with Crippen LogP contribution < -0.4 is 10.1 Å². The fraction of sp³-hybridized carbons (Fsp3) is 0.286. The molecular formula is C28H30ClFN6O5. The number of tetrazole rings is 1. The van der Waals surface area contributed by atoms with Crippen LogP contribution in [-0.2, 0) is 16.1 Å². The number of alkyl carbamates (subject to hydrolysis) is 1. The molecule has 0 aliphatic rings. The molecule has 1 amide bonds. The summed E-state index contributed by atoms with van der Waals surface area (Å²) in [5.41, 5.74) is 1.17. The number of nitrogens with zero attached hydrogens (tertiary/aromatic N) is 5. The molecule has 216 valence electrons. The number of rotatable bonds is 8. The molecule has 2 aromatic carbocycles. The third-order valence-electron chi connectivity index (χ3n) is 5.02. The number of aryl methyl sites for hydroxylation is 1. The smallest absolute Gasteiger partial charge is 0.407 e. The Hall–Kier alpha value is -4.58. The maximum Gasteiger partial charge on any atom is 0.407 e. The minimum Gasteiger partial charge on any atom is -0.481 e. The molecular weight excluding hydrogens is 555 g/mol. The van der Waals surface area contributed by atoms with Gasteiger partial charge in [0.05, 0.1) is 24.0 Å². The second-order valence-corrected chi connectivity index (χ2v) is 10.3. The first-order chi connectivity index (χ1) is 19.4. The molecule has 0 aliphatic heterocycles. The number of carboxylic acids is 1. The lowest BCUT2D eigenvalue weighted by Gasteiger charge is -2.22. The van der Waals surface area contributed by atoms with Crippen molar-refractivity contribution in [1.29, 1.82) is 0 Å². The SMILES string of the molecule is CC(C)(C)OC(=O)NC(CC(=O)O)Cn1nnc(-c2ccc(Oc3ncc(Cl)cc3F)cc2)n1.Cc1ccccc1. The van der Waals surface area contributed by atoms with Gasteiger partial charge < -0.3 is 19.9 Å². The summed E-state index contributed by atoms with van der Waals surface area (Å²) in [5, 5.41) is 23.9. The van der Waals surface area contributed by atoms with E-state index in [1.54, 1.807) is 45.0 Å². The zero-order valence-corrected chi connectivity index (χ0v) is 23.7. The number of aliphatic carboxylic acids is 1. The number of amides is 1. The average molecular weight is 585 g/mol. The van der Waals surface area contributed by atoms with Crippen molar-refractivity contribution in [2.45, 2.75) is 52.3 Å². The fourth-order valence-corrected chi connectivity index (χ4v) is 3.42. The topological polar surface area (TPSA) is 141 Å². The third kappa shape index (κ3) is 10.8. The highest BCUT2D eigenvalue weighted by atomic mass is 35.5. The van der Waals surface area contributed by atoms with E-state index in [-0.39, 0.29) is 29.7 Å². The molecule has 11 nitrogen and oxygen atoms in total. The number of carboxylic acid groups (broad SMARTS) is 1. The van der Waals surface area contributed by atoms with Crippen LogP contribution in [-0.4, -0.2) is 54.0 Å². The number of benzene rings is 2. The Balaban J connectivity index is 0.000000575. The second-order valence-electron chi connectivity index (χ2n) is 9.83. The maximum atomic E-state index is 13.9. The first-order valence-electron chi connectivity index (χ1n) is 12.5. The van der Waals surface area contributed by atoms with Crippen LogP contribution in [0.5, 0.6) is 11.6 Å². The van der Waals surface area contributed by atoms with Gasteiger partial charge in [-0.25, -0.2) is 14.2 Å². The summed E-state index contributed by atoms with van der Waals surface area (Å²) >= 11 is 5.68. The highest BCUT2D eigenvalue weighted by Gasteiger charge is 2.22. The molecule has 41 heavy (non-hydrogen) atoms. The van der Waals surface area contributed by atoms with Crippen LogP contribution in [0.25, 0.3) is 11.4 Å². The molecule has 0 spiro atoms. The van der Waals surface area contributed by atoms with Gasteiger partial charge in [-0.05, 0) is 63.2 Å². The molecule has 0 aliphatic carbocycles. The average Bonchev–Trinajstić information content (AvgIpc) is 3.34. The number of carbonyl (C=O) groups excluding carboxylic acids is 1. The van der Waals surface area contributed by atoms with E-state index in [2.05, 4.69) is 44.8 Å². The number of carbonyl (C=O) groups is 2. The zero-order chi connectivity index (χ0) is 30.0. The number of aromatic nitrogens is 5. The van der Waals surface area contributed by atoms with Crippen molar-refractivity contribution in [2.24, 2.45) is 0 Å². The van der Waals surface area contributed by atoms with Gasteiger partial charge >= 0.3 is 12.1 Å². The van der Waals surface area contributed by atoms with Crippen LogP contribution in [0.15, 0.2) is 66.9 Å². The molecule has 0 saturated heterocycles. The van der Waals surface area contributed by atoms with Gasteiger partial charge in [0.1, 0.15) is 11.4 Å². The molecule has 0 saturated carbocycles. The second kappa shape index (κ2) is 14.2. The zero-order valence-electron chi connectivity index (χ0n) is 22.9. The van der Waals surface area contributed by atoms with E-state index in [0.29, 0.717) is 11.3 Å². The van der Waals surface area contributed by atoms with Gasteiger partial charge in [0.25, 0.3) is 5.88 Å². The Morgan fingerprint density at radius 3 is 2.37 bits per heavy atom. The summed E-state index contributed by atoms with van der Waals surface area (Å²) < 4.78 is 24.4. The first kappa shape index (κ1) is 31.0. The molecule has 2 N–H and O–H groups in total. The van der Waals surface area contributed by atoms with E-state index in [0.717, 1.165) is 6.07 Å². The van der Waals surface area contributed by atoms with Gasteiger partial charge in [0.2, 0.25) is 5.82 Å². The molecule has 2 heterocycles.